The zero-order valence-corrected chi connectivity index (χ0v) is 14.5. The molecule has 0 aliphatic heterocycles. The smallest absolute Gasteiger partial charge is 0.0774 e. The average Bonchev–Trinajstić information content (AvgIpc) is 2.70. The van der Waals surface area contributed by atoms with Crippen LogP contribution in [0, 0.1) is 0 Å². The minimum atomic E-state index is 0.898. The molecule has 0 radical (unpaired) electrons. The predicted octanol–water partition coefficient (Wildman–Crippen LogP) is 7.03. The Labute approximate surface area is 153 Å². The van der Waals surface area contributed by atoms with Gasteiger partial charge >= 0.3 is 0 Å². The Bertz CT molecular complexity index is 1090. The van der Waals surface area contributed by atoms with Crippen LogP contribution in [0.15, 0.2) is 90.9 Å². The molecule has 26 heavy (non-hydrogen) atoms. The van der Waals surface area contributed by atoms with Gasteiger partial charge in [-0.2, -0.15) is 0 Å². The SMILES string of the molecule is C=Cc1cccc(C=C)c1/N=C\c1c2ccccc2cc2ccccc12. The van der Waals surface area contributed by atoms with Gasteiger partial charge in [0.05, 0.1) is 5.69 Å². The van der Waals surface area contributed by atoms with Crippen LogP contribution in [0.2, 0.25) is 0 Å². The zero-order chi connectivity index (χ0) is 17.9. The van der Waals surface area contributed by atoms with Crippen LogP contribution in [0.4, 0.5) is 5.69 Å². The van der Waals surface area contributed by atoms with Gasteiger partial charge in [0, 0.05) is 22.9 Å². The van der Waals surface area contributed by atoms with Gasteiger partial charge in [-0.05, 0) is 27.6 Å². The fraction of sp³-hybridized carbons (Fsp3) is 0. The molecule has 0 N–H and O–H groups in total. The summed E-state index contributed by atoms with van der Waals surface area (Å²) in [4.78, 5) is 4.85. The molecule has 1 heteroatoms. The summed E-state index contributed by atoms with van der Waals surface area (Å²) in [5, 5.41) is 4.83. The minimum Gasteiger partial charge on any atom is -0.255 e. The van der Waals surface area contributed by atoms with Crippen molar-refractivity contribution in [3.63, 3.8) is 0 Å². The van der Waals surface area contributed by atoms with Crippen LogP contribution >= 0.6 is 0 Å². The molecule has 0 fully saturated rings. The number of nitrogens with zero attached hydrogens (tertiary/aromatic N) is 1. The first-order chi connectivity index (χ1) is 12.8. The lowest BCUT2D eigenvalue weighted by Crippen LogP contribution is -1.89. The van der Waals surface area contributed by atoms with Crippen molar-refractivity contribution in [2.45, 2.75) is 0 Å². The van der Waals surface area contributed by atoms with Crippen LogP contribution in [-0.2, 0) is 0 Å². The summed E-state index contributed by atoms with van der Waals surface area (Å²) in [5.74, 6) is 0. The quantitative estimate of drug-likeness (QED) is 0.281. The number of fused-ring (bicyclic) bond motifs is 2. The Kier molecular flexibility index (Phi) is 4.20. The lowest BCUT2D eigenvalue weighted by Gasteiger charge is -2.09. The van der Waals surface area contributed by atoms with Crippen molar-refractivity contribution in [2.24, 2.45) is 4.99 Å². The van der Waals surface area contributed by atoms with Gasteiger partial charge < -0.3 is 0 Å². The van der Waals surface area contributed by atoms with E-state index < -0.39 is 0 Å². The third kappa shape index (κ3) is 2.74. The van der Waals surface area contributed by atoms with Gasteiger partial charge in [-0.3, -0.25) is 4.99 Å². The Morgan fingerprint density at radius 2 is 1.19 bits per heavy atom. The third-order valence-corrected chi connectivity index (χ3v) is 4.67. The highest BCUT2D eigenvalue weighted by Gasteiger charge is 2.07. The van der Waals surface area contributed by atoms with Crippen molar-refractivity contribution < 1.29 is 0 Å². The maximum Gasteiger partial charge on any atom is 0.0774 e. The molecular weight excluding hydrogens is 314 g/mol. The minimum absolute atomic E-state index is 0.898. The van der Waals surface area contributed by atoms with E-state index in [9.17, 15) is 0 Å². The number of benzene rings is 4. The first-order valence-electron chi connectivity index (χ1n) is 8.64. The molecule has 0 atom stereocenters. The molecule has 4 aromatic rings. The second-order valence-corrected chi connectivity index (χ2v) is 6.18. The molecule has 0 aromatic heterocycles. The first-order valence-corrected chi connectivity index (χ1v) is 8.64. The van der Waals surface area contributed by atoms with Crippen LogP contribution in [-0.4, -0.2) is 6.21 Å². The maximum atomic E-state index is 4.85. The predicted molar refractivity (Wildman–Crippen MR) is 115 cm³/mol. The van der Waals surface area contributed by atoms with Crippen molar-refractivity contribution in [3.05, 3.63) is 103 Å². The summed E-state index contributed by atoms with van der Waals surface area (Å²) in [5.41, 5.74) is 4.04. The molecule has 0 saturated carbocycles. The van der Waals surface area contributed by atoms with Crippen molar-refractivity contribution >= 4 is 45.6 Å². The van der Waals surface area contributed by atoms with Gasteiger partial charge in [0.2, 0.25) is 0 Å². The van der Waals surface area contributed by atoms with Crippen molar-refractivity contribution in [3.8, 4) is 0 Å². The Hall–Kier alpha value is -3.45. The molecule has 0 aliphatic carbocycles. The molecular formula is C25H19N. The average molecular weight is 333 g/mol. The highest BCUT2D eigenvalue weighted by Crippen LogP contribution is 2.30. The van der Waals surface area contributed by atoms with Crippen LogP contribution in [0.1, 0.15) is 16.7 Å². The molecule has 0 aliphatic rings. The second-order valence-electron chi connectivity index (χ2n) is 6.18. The zero-order valence-electron chi connectivity index (χ0n) is 14.5. The molecule has 0 amide bonds. The third-order valence-electron chi connectivity index (χ3n) is 4.67. The van der Waals surface area contributed by atoms with Crippen molar-refractivity contribution in [1.82, 2.24) is 0 Å². The topological polar surface area (TPSA) is 12.4 Å². The van der Waals surface area contributed by atoms with E-state index in [1.807, 2.05) is 36.6 Å². The largest absolute Gasteiger partial charge is 0.255 e. The van der Waals surface area contributed by atoms with Crippen molar-refractivity contribution in [1.29, 1.82) is 0 Å². The Balaban J connectivity index is 1.99. The van der Waals surface area contributed by atoms with Gasteiger partial charge in [-0.15, -0.1) is 0 Å². The van der Waals surface area contributed by atoms with E-state index >= 15 is 0 Å². The summed E-state index contributed by atoms with van der Waals surface area (Å²) in [7, 11) is 0. The lowest BCUT2D eigenvalue weighted by molar-refractivity contribution is 1.49. The number of para-hydroxylation sites is 1. The highest BCUT2D eigenvalue weighted by molar-refractivity contribution is 6.13. The fourth-order valence-corrected chi connectivity index (χ4v) is 3.38. The summed E-state index contributed by atoms with van der Waals surface area (Å²) in [6, 6.07) is 25.1. The molecule has 0 bridgehead atoms. The monoisotopic (exact) mass is 333 g/mol. The van der Waals surface area contributed by atoms with Gasteiger partial charge in [0.1, 0.15) is 0 Å². The molecule has 0 unspecified atom stereocenters. The first kappa shape index (κ1) is 16.0. The Morgan fingerprint density at radius 3 is 1.73 bits per heavy atom. The van der Waals surface area contributed by atoms with Crippen LogP contribution in [0.5, 0.6) is 0 Å². The van der Waals surface area contributed by atoms with Gasteiger partial charge in [0.25, 0.3) is 0 Å². The lowest BCUT2D eigenvalue weighted by atomic mass is 9.97. The summed E-state index contributed by atoms with van der Waals surface area (Å²) < 4.78 is 0. The molecule has 4 aromatic carbocycles. The number of hydrogen-bond acceptors (Lipinski definition) is 1. The van der Waals surface area contributed by atoms with E-state index in [-0.39, 0.29) is 0 Å². The standard InChI is InChI=1S/C25H19N/c1-3-18-12-9-13-19(4-2)25(18)26-17-24-22-14-7-5-10-20(22)16-21-11-6-8-15-23(21)24/h3-17H,1-2H2/b26-17-. The maximum absolute atomic E-state index is 4.85. The molecule has 0 saturated heterocycles. The van der Waals surface area contributed by atoms with Crippen molar-refractivity contribution in [2.75, 3.05) is 0 Å². The fourth-order valence-electron chi connectivity index (χ4n) is 3.38. The molecule has 124 valence electrons. The summed E-state index contributed by atoms with van der Waals surface area (Å²) in [6.45, 7) is 7.83. The van der Waals surface area contributed by atoms with Gasteiger partial charge in [-0.1, -0.05) is 92.0 Å². The molecule has 0 heterocycles. The van der Waals surface area contributed by atoms with E-state index in [1.54, 1.807) is 0 Å². The number of rotatable bonds is 4. The van der Waals surface area contributed by atoms with E-state index in [1.165, 1.54) is 21.5 Å². The molecule has 0 spiro atoms. The second kappa shape index (κ2) is 6.81. The number of aliphatic imine (C=N–C) groups is 1. The van der Waals surface area contributed by atoms with E-state index in [0.717, 1.165) is 22.4 Å². The Morgan fingerprint density at radius 1 is 0.654 bits per heavy atom. The molecule has 1 nitrogen and oxygen atoms in total. The van der Waals surface area contributed by atoms with E-state index in [0.29, 0.717) is 0 Å². The summed E-state index contributed by atoms with van der Waals surface area (Å²) >= 11 is 0. The number of hydrogen-bond donors (Lipinski definition) is 0. The van der Waals surface area contributed by atoms with Gasteiger partial charge in [-0.25, -0.2) is 0 Å². The highest BCUT2D eigenvalue weighted by atomic mass is 14.7. The normalized spacial score (nSPS) is 11.2. The summed E-state index contributed by atoms with van der Waals surface area (Å²) in [6.07, 6.45) is 5.64. The van der Waals surface area contributed by atoms with Gasteiger partial charge in [0.15, 0.2) is 0 Å². The van der Waals surface area contributed by atoms with E-state index in [4.69, 9.17) is 4.99 Å². The van der Waals surface area contributed by atoms with Crippen LogP contribution in [0.3, 0.4) is 0 Å². The molecule has 4 rings (SSSR count). The van der Waals surface area contributed by atoms with E-state index in [2.05, 4.69) is 67.8 Å². The van der Waals surface area contributed by atoms with Crippen LogP contribution in [0.25, 0.3) is 33.7 Å². The van der Waals surface area contributed by atoms with Crippen LogP contribution < -0.4 is 0 Å².